The standard InChI is InChI=1S/C32H42NOP.C29H36NOP.C26H30NOP.C25H28NOP/c1-31(2,3)25-21-26(32(4,5)6)30(34-23-24-15-9-7-10-16-24)29(22-25)35-28-18-12-11-17-27(28)33-19-13-8-14-20-33;1-22-19-24(29(2,3)4)20-27(28(22)31-21-23-13-7-5-8-14-23)32-26-16-10-9-15-25(26)30-17-11-6-12-18-30;1-20-14-15-24(23(18-20)27-16-7-4-8-17-27)29-25-13-9-10-21(2)26(25)28-19-22-11-5-3-6-12-22;1-20-14-15-24(22(18-20)26-16-8-3-9-17-26)28-25-13-7-6-12-23(25)27-19-21-10-4-2-5-11-21/h7,9-12,15-18,21-22,35H,8,13-14,19-20,23H2,1-6H3;5,7-10,13-16,19-20,32H,6,11-12,17-18,21H2,1-4H3;3,5-6,9-15,18,29H,4,7-8,16-17,19H2,1-2H3;2,4-7,10-15,18,28H,3,8-9,16-17,19H2,1H3. The van der Waals surface area contributed by atoms with E-state index in [0.717, 1.165) is 36.1 Å². The van der Waals surface area contributed by atoms with Crippen LogP contribution in [0.4, 0.5) is 22.7 Å². The highest BCUT2D eigenvalue weighted by Gasteiger charge is 2.29. The molecule has 4 aliphatic heterocycles. The van der Waals surface area contributed by atoms with Gasteiger partial charge in [-0.1, -0.05) is 327 Å². The van der Waals surface area contributed by atoms with Gasteiger partial charge in [0.1, 0.15) is 49.4 Å². The summed E-state index contributed by atoms with van der Waals surface area (Å²) in [5, 5.41) is 10.9. The highest BCUT2D eigenvalue weighted by atomic mass is 31.1. The summed E-state index contributed by atoms with van der Waals surface area (Å²) < 4.78 is 25.7. The van der Waals surface area contributed by atoms with Gasteiger partial charge in [0.15, 0.2) is 0 Å². The minimum absolute atomic E-state index is 0.0150. The number of aryl methyl sites for hydroxylation is 4. The molecule has 0 saturated carbocycles. The van der Waals surface area contributed by atoms with Crippen LogP contribution < -0.4 is 81.0 Å². The quantitative estimate of drug-likeness (QED) is 0.0555. The number of piperidine rings is 4. The maximum atomic E-state index is 6.70. The average Bonchev–Trinajstić information content (AvgIpc) is 0.779. The number of ether oxygens (including phenoxy) is 4. The molecule has 124 heavy (non-hydrogen) atoms. The Hall–Kier alpha value is -9.24. The Morgan fingerprint density at radius 1 is 0.242 bits per heavy atom. The molecule has 8 nitrogen and oxygen atoms in total. The zero-order chi connectivity index (χ0) is 86.8. The Kier molecular flexibility index (Phi) is 33.7. The molecule has 4 aliphatic rings. The fourth-order valence-corrected chi connectivity index (χ4v) is 22.3. The lowest BCUT2D eigenvalue weighted by molar-refractivity contribution is 0.300. The van der Waals surface area contributed by atoms with Gasteiger partial charge in [-0.05, 0) is 219 Å². The number of hydrogen-bond acceptors (Lipinski definition) is 8. The number of hydrogen-bond donors (Lipinski definition) is 0. The van der Waals surface area contributed by atoms with Gasteiger partial charge < -0.3 is 38.5 Å². The second-order valence-corrected chi connectivity index (χ2v) is 42.4. The topological polar surface area (TPSA) is 49.9 Å². The van der Waals surface area contributed by atoms with Crippen molar-refractivity contribution in [2.24, 2.45) is 0 Å². The molecule has 12 heteroatoms. The van der Waals surface area contributed by atoms with Crippen molar-refractivity contribution in [3.05, 3.63) is 334 Å². The van der Waals surface area contributed by atoms with Crippen LogP contribution in [-0.2, 0) is 42.7 Å². The van der Waals surface area contributed by atoms with Gasteiger partial charge in [-0.25, -0.2) is 0 Å². The minimum Gasteiger partial charge on any atom is -0.488 e. The Bertz CT molecular complexity index is 5330. The Balaban J connectivity index is 0.000000143. The minimum atomic E-state index is -0.0150. The molecule has 0 aromatic heterocycles. The van der Waals surface area contributed by atoms with Crippen LogP contribution >= 0.6 is 34.3 Å². The molecule has 4 unspecified atom stereocenters. The van der Waals surface area contributed by atoms with Gasteiger partial charge in [-0.15, -0.1) is 0 Å². The molecule has 648 valence electrons. The predicted molar refractivity (Wildman–Crippen MR) is 544 cm³/mol. The Morgan fingerprint density at radius 2 is 0.556 bits per heavy atom. The Labute approximate surface area is 752 Å². The fourth-order valence-electron chi connectivity index (χ4n) is 16.8. The van der Waals surface area contributed by atoms with Crippen LogP contribution in [0.5, 0.6) is 23.0 Å². The summed E-state index contributed by atoms with van der Waals surface area (Å²) in [4.78, 5) is 10.3. The summed E-state index contributed by atoms with van der Waals surface area (Å²) in [6.07, 6.45) is 15.8. The third-order valence-electron chi connectivity index (χ3n) is 23.9. The van der Waals surface area contributed by atoms with Gasteiger partial charge in [0, 0.05) is 123 Å². The van der Waals surface area contributed by atoms with Crippen molar-refractivity contribution in [3.8, 4) is 23.0 Å². The highest BCUT2D eigenvalue weighted by molar-refractivity contribution is 7.57. The van der Waals surface area contributed by atoms with Crippen molar-refractivity contribution in [1.29, 1.82) is 0 Å². The molecule has 4 heterocycles. The van der Waals surface area contributed by atoms with E-state index >= 15 is 0 Å². The predicted octanol–water partition coefficient (Wildman–Crippen LogP) is 24.7. The van der Waals surface area contributed by atoms with E-state index in [-0.39, 0.29) is 16.2 Å². The van der Waals surface area contributed by atoms with Crippen LogP contribution in [0.3, 0.4) is 0 Å². The van der Waals surface area contributed by atoms with Crippen LogP contribution in [0.15, 0.2) is 273 Å². The summed E-state index contributed by atoms with van der Waals surface area (Å²) in [7, 11) is 2.31. The smallest absolute Gasteiger partial charge is 0.131 e. The molecule has 0 N–H and O–H groups in total. The maximum Gasteiger partial charge on any atom is 0.131 e. The fraction of sp³-hybridized carbons (Fsp3) is 0.357. The summed E-state index contributed by atoms with van der Waals surface area (Å²) in [5.41, 5.74) is 19.8. The van der Waals surface area contributed by atoms with Crippen molar-refractivity contribution in [2.75, 3.05) is 72.0 Å². The van der Waals surface area contributed by atoms with Crippen LogP contribution in [-0.4, -0.2) is 52.4 Å². The molecule has 12 aromatic rings. The maximum absolute atomic E-state index is 6.70. The lowest BCUT2D eigenvalue weighted by Gasteiger charge is -2.32. The molecule has 4 fully saturated rings. The van der Waals surface area contributed by atoms with Crippen molar-refractivity contribution >= 4 is 99.5 Å². The SMILES string of the molecule is CC(C)(C)c1cc(Pc2ccccc2N2CCCCC2)c(OCc2ccccc2)c(C(C)(C)C)c1.Cc1cc(C(C)(C)C)cc(Pc2ccccc2N2CCCCC2)c1OCc1ccccc1.Cc1ccc(Pc2cccc(C)c2OCc2ccccc2)c(N2CCCCC2)c1.Cc1ccc(Pc2ccccc2OCc2ccccc2)c(N2CCCCC2)c1. The molecule has 4 atom stereocenters. The molecule has 0 bridgehead atoms. The van der Waals surface area contributed by atoms with Gasteiger partial charge in [-0.2, -0.15) is 0 Å². The number of rotatable bonds is 24. The zero-order valence-corrected chi connectivity index (χ0v) is 80.4. The van der Waals surface area contributed by atoms with Gasteiger partial charge in [0.25, 0.3) is 0 Å². The molecule has 4 saturated heterocycles. The van der Waals surface area contributed by atoms with Crippen LogP contribution in [0.1, 0.15) is 201 Å². The zero-order valence-electron chi connectivity index (χ0n) is 76.4. The highest BCUT2D eigenvalue weighted by Crippen LogP contribution is 2.41. The second kappa shape index (κ2) is 45.3. The molecule has 16 rings (SSSR count). The summed E-state index contributed by atoms with van der Waals surface area (Å²) in [6.45, 7) is 41.2. The third-order valence-corrected chi connectivity index (χ3v) is 29.3. The first-order valence-electron chi connectivity index (χ1n) is 45.7. The van der Waals surface area contributed by atoms with Crippen molar-refractivity contribution in [2.45, 2.75) is 210 Å². The first kappa shape index (κ1) is 92.4. The molecule has 12 aromatic carbocycles. The second-order valence-electron chi connectivity index (χ2n) is 37.1. The van der Waals surface area contributed by atoms with Crippen LogP contribution in [0.2, 0.25) is 0 Å². The van der Waals surface area contributed by atoms with Crippen LogP contribution in [0, 0.1) is 27.7 Å². The van der Waals surface area contributed by atoms with Gasteiger partial charge in [0.05, 0.1) is 0 Å². The molecule has 0 spiro atoms. The number of anilines is 4. The largest absolute Gasteiger partial charge is 0.488 e. The lowest BCUT2D eigenvalue weighted by Crippen LogP contribution is -2.32. The monoisotopic (exact) mass is 1720 g/mol. The Morgan fingerprint density at radius 3 is 0.968 bits per heavy atom. The van der Waals surface area contributed by atoms with Gasteiger partial charge in [0.2, 0.25) is 0 Å². The van der Waals surface area contributed by atoms with E-state index in [1.165, 1.54) is 243 Å². The van der Waals surface area contributed by atoms with Crippen LogP contribution in [0.25, 0.3) is 0 Å². The van der Waals surface area contributed by atoms with Crippen molar-refractivity contribution in [3.63, 3.8) is 0 Å². The van der Waals surface area contributed by atoms with Gasteiger partial charge >= 0.3 is 0 Å². The van der Waals surface area contributed by atoms with E-state index in [0.29, 0.717) is 60.8 Å². The third kappa shape index (κ3) is 26.7. The molecule has 0 aliphatic carbocycles. The lowest BCUT2D eigenvalue weighted by atomic mass is 9.80. The summed E-state index contributed by atoms with van der Waals surface area (Å²) in [5.74, 6) is 4.16. The van der Waals surface area contributed by atoms with E-state index in [9.17, 15) is 0 Å². The number of para-hydroxylation sites is 4. The molecular weight excluding hydrogens is 1590 g/mol. The first-order chi connectivity index (χ1) is 60.0. The van der Waals surface area contributed by atoms with E-state index in [4.69, 9.17) is 18.9 Å². The number of benzene rings is 12. The average molecular weight is 1730 g/mol. The molecule has 0 amide bonds. The van der Waals surface area contributed by atoms with E-state index in [2.05, 4.69) is 370 Å². The van der Waals surface area contributed by atoms with Crippen molar-refractivity contribution < 1.29 is 18.9 Å². The van der Waals surface area contributed by atoms with E-state index in [1.54, 1.807) is 0 Å². The molecule has 0 radical (unpaired) electrons. The summed E-state index contributed by atoms with van der Waals surface area (Å²) >= 11 is 0. The van der Waals surface area contributed by atoms with E-state index in [1.807, 2.05) is 12.1 Å². The first-order valence-corrected chi connectivity index (χ1v) is 49.7. The van der Waals surface area contributed by atoms with E-state index < -0.39 is 0 Å². The normalized spacial score (nSPS) is 14.8. The number of nitrogens with zero attached hydrogens (tertiary/aromatic N) is 4. The summed E-state index contributed by atoms with van der Waals surface area (Å²) in [6, 6.07) is 98.2. The van der Waals surface area contributed by atoms with Crippen molar-refractivity contribution in [1.82, 2.24) is 0 Å². The molecular formula is C112H136N4O4P4. The van der Waals surface area contributed by atoms with Gasteiger partial charge in [-0.3, -0.25) is 0 Å².